The van der Waals surface area contributed by atoms with Gasteiger partial charge in [0.05, 0.1) is 0 Å². The third-order valence-corrected chi connectivity index (χ3v) is 7.20. The van der Waals surface area contributed by atoms with Crippen LogP contribution in [0.1, 0.15) is 5.56 Å². The third kappa shape index (κ3) is 3.51. The summed E-state index contributed by atoms with van der Waals surface area (Å²) in [6.45, 7) is 2.09. The van der Waals surface area contributed by atoms with Crippen LogP contribution in [-0.2, 0) is 0 Å². The Balaban J connectivity index is 1.39. The van der Waals surface area contributed by atoms with E-state index in [1.54, 1.807) is 0 Å². The maximum atomic E-state index is 6.19. The fraction of sp³-hybridized carbons (Fsp3) is 0.0294. The lowest BCUT2D eigenvalue weighted by Crippen LogP contribution is -2.00. The molecule has 3 aromatic heterocycles. The summed E-state index contributed by atoms with van der Waals surface area (Å²) in [7, 11) is 0. The number of fused-ring (bicyclic) bond motifs is 6. The van der Waals surface area contributed by atoms with Gasteiger partial charge in [-0.1, -0.05) is 78.4 Å². The van der Waals surface area contributed by atoms with E-state index in [4.69, 9.17) is 23.8 Å². The van der Waals surface area contributed by atoms with Crippen LogP contribution in [0.4, 0.5) is 0 Å². The van der Waals surface area contributed by atoms with Gasteiger partial charge in [-0.15, -0.1) is 0 Å². The first kappa shape index (κ1) is 21.8. The number of benzene rings is 5. The van der Waals surface area contributed by atoms with Gasteiger partial charge in [-0.05, 0) is 43.3 Å². The molecule has 0 aliphatic carbocycles. The molecule has 0 aliphatic heterocycles. The van der Waals surface area contributed by atoms with Crippen molar-refractivity contribution in [3.63, 3.8) is 0 Å². The average Bonchev–Trinajstić information content (AvgIpc) is 3.55. The van der Waals surface area contributed by atoms with Gasteiger partial charge < -0.3 is 8.83 Å². The summed E-state index contributed by atoms with van der Waals surface area (Å²) in [5, 5.41) is 4.21. The van der Waals surface area contributed by atoms with E-state index in [-0.39, 0.29) is 0 Å². The minimum atomic E-state index is 0.585. The van der Waals surface area contributed by atoms with Gasteiger partial charge in [-0.3, -0.25) is 0 Å². The number of hydrogen-bond acceptors (Lipinski definition) is 5. The summed E-state index contributed by atoms with van der Waals surface area (Å²) in [6, 6.07) is 36.5. The third-order valence-electron chi connectivity index (χ3n) is 7.20. The van der Waals surface area contributed by atoms with E-state index in [2.05, 4.69) is 43.3 Å². The van der Waals surface area contributed by atoms with Crippen molar-refractivity contribution in [3.8, 4) is 34.2 Å². The molecule has 0 aliphatic rings. The molecule has 0 saturated heterocycles. The molecule has 5 aromatic carbocycles. The van der Waals surface area contributed by atoms with E-state index in [9.17, 15) is 0 Å². The highest BCUT2D eigenvalue weighted by molar-refractivity contribution is 6.12. The Bertz CT molecular complexity index is 2190. The molecule has 5 heteroatoms. The zero-order valence-electron chi connectivity index (χ0n) is 21.1. The predicted molar refractivity (Wildman–Crippen MR) is 155 cm³/mol. The lowest BCUT2D eigenvalue weighted by molar-refractivity contribution is 0.668. The second kappa shape index (κ2) is 8.36. The molecule has 39 heavy (non-hydrogen) atoms. The largest absolute Gasteiger partial charge is 0.456 e. The SMILES string of the molecule is Cc1ccc2oc3cccc(-c4nc(-c5ccccc5)nc(-c5ccc6c(c5)oc5ccccc56)n4)c3c2c1. The normalized spacial score (nSPS) is 11.7. The highest BCUT2D eigenvalue weighted by atomic mass is 16.3. The molecule has 8 rings (SSSR count). The number of aromatic nitrogens is 3. The van der Waals surface area contributed by atoms with Gasteiger partial charge in [0, 0.05) is 38.2 Å². The van der Waals surface area contributed by atoms with E-state index >= 15 is 0 Å². The molecule has 8 aromatic rings. The minimum Gasteiger partial charge on any atom is -0.456 e. The van der Waals surface area contributed by atoms with Crippen LogP contribution < -0.4 is 0 Å². The van der Waals surface area contributed by atoms with Gasteiger partial charge in [0.1, 0.15) is 22.3 Å². The summed E-state index contributed by atoms with van der Waals surface area (Å²) in [4.78, 5) is 14.9. The summed E-state index contributed by atoms with van der Waals surface area (Å²) < 4.78 is 12.4. The average molecular weight is 504 g/mol. The molecular weight excluding hydrogens is 482 g/mol. The number of hydrogen-bond donors (Lipinski definition) is 0. The molecule has 184 valence electrons. The van der Waals surface area contributed by atoms with Crippen molar-refractivity contribution >= 4 is 43.9 Å². The van der Waals surface area contributed by atoms with Gasteiger partial charge in [0.15, 0.2) is 17.5 Å². The lowest BCUT2D eigenvalue weighted by Gasteiger charge is -2.09. The Hall–Kier alpha value is -5.29. The highest BCUT2D eigenvalue weighted by Crippen LogP contribution is 2.37. The molecule has 5 nitrogen and oxygen atoms in total. The molecule has 0 spiro atoms. The Morgan fingerprint density at radius 3 is 2.05 bits per heavy atom. The zero-order chi connectivity index (χ0) is 25.9. The van der Waals surface area contributed by atoms with Crippen LogP contribution in [0.25, 0.3) is 78.0 Å². The van der Waals surface area contributed by atoms with Crippen LogP contribution in [-0.4, -0.2) is 15.0 Å². The highest BCUT2D eigenvalue weighted by Gasteiger charge is 2.18. The minimum absolute atomic E-state index is 0.585. The number of furan rings is 2. The van der Waals surface area contributed by atoms with Crippen molar-refractivity contribution in [3.05, 3.63) is 115 Å². The first-order chi connectivity index (χ1) is 19.2. The number of aryl methyl sites for hydroxylation is 1. The van der Waals surface area contributed by atoms with Crippen LogP contribution >= 0.6 is 0 Å². The molecule has 0 amide bonds. The standard InChI is InChI=1S/C34H21N3O2/c1-20-14-17-28-26(18-20)31-25(11-7-13-29(31)38-28)34-36-32(21-8-3-2-4-9-21)35-33(37-34)22-15-16-24-23-10-5-6-12-27(23)39-30(24)19-22/h2-19H,1H3. The first-order valence-electron chi connectivity index (χ1n) is 12.9. The van der Waals surface area contributed by atoms with E-state index in [0.717, 1.165) is 60.6 Å². The Morgan fingerprint density at radius 2 is 1.15 bits per heavy atom. The van der Waals surface area contributed by atoms with E-state index in [1.165, 1.54) is 5.56 Å². The second-order valence-corrected chi connectivity index (χ2v) is 9.76. The van der Waals surface area contributed by atoms with E-state index in [0.29, 0.717) is 17.5 Å². The Kier molecular flexibility index (Phi) is 4.67. The van der Waals surface area contributed by atoms with Crippen molar-refractivity contribution in [2.75, 3.05) is 0 Å². The summed E-state index contributed by atoms with van der Waals surface area (Å²) in [6.07, 6.45) is 0. The molecule has 0 bridgehead atoms. The van der Waals surface area contributed by atoms with Crippen molar-refractivity contribution in [1.29, 1.82) is 0 Å². The first-order valence-corrected chi connectivity index (χ1v) is 12.9. The van der Waals surface area contributed by atoms with Gasteiger partial charge in [0.2, 0.25) is 0 Å². The summed E-state index contributed by atoms with van der Waals surface area (Å²) >= 11 is 0. The fourth-order valence-corrected chi connectivity index (χ4v) is 5.33. The van der Waals surface area contributed by atoms with Crippen molar-refractivity contribution in [1.82, 2.24) is 15.0 Å². The monoisotopic (exact) mass is 503 g/mol. The predicted octanol–water partition coefficient (Wildman–Crippen LogP) is 8.98. The van der Waals surface area contributed by atoms with E-state index in [1.807, 2.05) is 72.8 Å². The quantitative estimate of drug-likeness (QED) is 0.241. The van der Waals surface area contributed by atoms with Gasteiger partial charge in [-0.25, -0.2) is 15.0 Å². The summed E-state index contributed by atoms with van der Waals surface area (Å²) in [5.41, 5.74) is 7.17. The molecular formula is C34H21N3O2. The zero-order valence-corrected chi connectivity index (χ0v) is 21.1. The maximum Gasteiger partial charge on any atom is 0.164 e. The molecule has 0 N–H and O–H groups in total. The van der Waals surface area contributed by atoms with Crippen LogP contribution in [0.15, 0.2) is 118 Å². The van der Waals surface area contributed by atoms with Crippen LogP contribution in [0, 0.1) is 6.92 Å². The molecule has 3 heterocycles. The van der Waals surface area contributed by atoms with E-state index < -0.39 is 0 Å². The van der Waals surface area contributed by atoms with Gasteiger partial charge in [0.25, 0.3) is 0 Å². The smallest absolute Gasteiger partial charge is 0.164 e. The Labute approximate surface area is 223 Å². The van der Waals surface area contributed by atoms with Crippen LogP contribution in [0.5, 0.6) is 0 Å². The molecule has 0 radical (unpaired) electrons. The second-order valence-electron chi connectivity index (χ2n) is 9.76. The van der Waals surface area contributed by atoms with Crippen molar-refractivity contribution < 1.29 is 8.83 Å². The lowest BCUT2D eigenvalue weighted by atomic mass is 10.0. The van der Waals surface area contributed by atoms with Gasteiger partial charge in [-0.2, -0.15) is 0 Å². The molecule has 0 saturated carbocycles. The number of rotatable bonds is 3. The molecule has 0 atom stereocenters. The molecule has 0 fully saturated rings. The van der Waals surface area contributed by atoms with Crippen LogP contribution in [0.3, 0.4) is 0 Å². The number of nitrogens with zero attached hydrogens (tertiary/aromatic N) is 3. The Morgan fingerprint density at radius 1 is 0.462 bits per heavy atom. The maximum absolute atomic E-state index is 6.19. The van der Waals surface area contributed by atoms with Crippen molar-refractivity contribution in [2.24, 2.45) is 0 Å². The van der Waals surface area contributed by atoms with Gasteiger partial charge >= 0.3 is 0 Å². The molecule has 0 unspecified atom stereocenters. The topological polar surface area (TPSA) is 65.0 Å². The fourth-order valence-electron chi connectivity index (χ4n) is 5.33. The number of para-hydroxylation sites is 1. The van der Waals surface area contributed by atoms with Crippen molar-refractivity contribution in [2.45, 2.75) is 6.92 Å². The van der Waals surface area contributed by atoms with Crippen LogP contribution in [0.2, 0.25) is 0 Å². The summed E-state index contributed by atoms with van der Waals surface area (Å²) in [5.74, 6) is 1.79.